The Bertz CT molecular complexity index is 1440. The molecule has 14 heteroatoms. The van der Waals surface area contributed by atoms with Crippen LogP contribution in [0, 0.1) is 11.3 Å². The molecule has 0 radical (unpaired) electrons. The minimum atomic E-state index is -4.48. The number of aliphatic hydroxyl groups is 1. The highest BCUT2D eigenvalue weighted by Gasteiger charge is 2.53. The first-order chi connectivity index (χ1) is 22.3. The quantitative estimate of drug-likeness (QED) is 0.217. The number of nitrogens with two attached hydrogens (primary N) is 1. The first-order valence-electron chi connectivity index (χ1n) is 15.8. The minimum absolute atomic E-state index is 0.0510. The molecule has 0 aromatic heterocycles. The Morgan fingerprint density at radius 3 is 2.45 bits per heavy atom. The van der Waals surface area contributed by atoms with Crippen LogP contribution in [-0.2, 0) is 35.2 Å². The number of sulfone groups is 1. The highest BCUT2D eigenvalue weighted by molar-refractivity contribution is 7.92. The molecule has 13 nitrogen and oxygen atoms in total. The van der Waals surface area contributed by atoms with Gasteiger partial charge >= 0.3 is 12.2 Å². The average molecular weight is 678 g/mol. The lowest BCUT2D eigenvalue weighted by molar-refractivity contribution is -0.0907. The molecule has 0 aliphatic carbocycles. The van der Waals surface area contributed by atoms with Gasteiger partial charge in [-0.25, -0.2) is 18.0 Å². The van der Waals surface area contributed by atoms with Crippen molar-refractivity contribution in [1.29, 1.82) is 0 Å². The lowest BCUT2D eigenvalue weighted by atomic mass is 9.79. The maximum atomic E-state index is 14.5. The van der Waals surface area contributed by atoms with Crippen LogP contribution in [0.2, 0.25) is 0 Å². The van der Waals surface area contributed by atoms with Crippen molar-refractivity contribution < 1.29 is 46.8 Å². The van der Waals surface area contributed by atoms with Crippen molar-refractivity contribution in [2.75, 3.05) is 33.5 Å². The third-order valence-corrected chi connectivity index (χ3v) is 11.0. The summed E-state index contributed by atoms with van der Waals surface area (Å²) in [6, 6.07) is 13.6. The molecule has 5 N–H and O–H groups in total. The van der Waals surface area contributed by atoms with E-state index in [1.807, 2.05) is 6.07 Å². The number of methoxy groups -OCH3 is 1. The average Bonchev–Trinajstić information content (AvgIpc) is 3.66. The third kappa shape index (κ3) is 8.93. The van der Waals surface area contributed by atoms with Crippen molar-refractivity contribution in [3.05, 3.63) is 60.2 Å². The van der Waals surface area contributed by atoms with Crippen LogP contribution >= 0.6 is 0 Å². The Hall–Kier alpha value is -3.43. The molecule has 0 spiro atoms. The van der Waals surface area contributed by atoms with E-state index in [9.17, 15) is 23.1 Å². The van der Waals surface area contributed by atoms with Crippen molar-refractivity contribution in [3.8, 4) is 5.75 Å². The van der Waals surface area contributed by atoms with E-state index in [0.29, 0.717) is 25.2 Å². The van der Waals surface area contributed by atoms with Gasteiger partial charge in [-0.2, -0.15) is 0 Å². The highest BCUT2D eigenvalue weighted by Crippen LogP contribution is 2.39. The van der Waals surface area contributed by atoms with Crippen LogP contribution in [-0.4, -0.2) is 88.6 Å². The largest absolute Gasteiger partial charge is 0.497 e. The lowest BCUT2D eigenvalue weighted by Crippen LogP contribution is -2.65. The van der Waals surface area contributed by atoms with Crippen LogP contribution in [0.25, 0.3) is 0 Å². The molecule has 47 heavy (non-hydrogen) atoms. The molecule has 2 aromatic carbocycles. The van der Waals surface area contributed by atoms with Gasteiger partial charge in [-0.15, -0.1) is 0 Å². The van der Waals surface area contributed by atoms with E-state index in [-0.39, 0.29) is 43.4 Å². The molecule has 260 valence electrons. The smallest absolute Gasteiger partial charge is 0.407 e. The Balaban J connectivity index is 1.66. The van der Waals surface area contributed by atoms with E-state index in [2.05, 4.69) is 10.6 Å². The second-order valence-electron chi connectivity index (χ2n) is 12.7. The summed E-state index contributed by atoms with van der Waals surface area (Å²) in [4.78, 5) is 22.8. The van der Waals surface area contributed by atoms with E-state index in [4.69, 9.17) is 29.4 Å². The molecular weight excluding hydrogens is 630 g/mol. The number of aliphatic hydroxyl groups excluding tert-OH is 1. The number of carbonyl (C=O) groups is 2. The van der Waals surface area contributed by atoms with Crippen molar-refractivity contribution in [3.63, 3.8) is 0 Å². The Labute approximate surface area is 276 Å². The maximum absolute atomic E-state index is 14.5. The van der Waals surface area contributed by atoms with E-state index in [0.717, 1.165) is 5.56 Å². The number of alkyl carbamates (subject to hydrolysis) is 2. The van der Waals surface area contributed by atoms with Crippen molar-refractivity contribution >= 4 is 22.0 Å². The standard InChI is InChI=1S/C33H47N3O10S/c1-5-43-30(38)35-17-16-32(2,3)21-33(34,47(40,41)24-13-11-23(42-4)12-14-24)28(37)26(19-22-9-7-6-8-10-22)36-31(39)46-27-20-45-29-25(27)15-18-44-29/h6-14,25-29,37H,5,15-21,34H2,1-4H3,(H,35,38)(H,36,39)/t25?,26-,27?,28+,29?,33?/m0/s1. The number of hydrogen-bond donors (Lipinski definition) is 4. The Morgan fingerprint density at radius 2 is 1.79 bits per heavy atom. The van der Waals surface area contributed by atoms with Crippen LogP contribution < -0.4 is 21.1 Å². The van der Waals surface area contributed by atoms with Crippen LogP contribution in [0.15, 0.2) is 59.5 Å². The van der Waals surface area contributed by atoms with Gasteiger partial charge in [0.1, 0.15) is 18.0 Å². The molecule has 6 atom stereocenters. The van der Waals surface area contributed by atoms with Gasteiger partial charge in [0.2, 0.25) is 0 Å². The Kier molecular flexibility index (Phi) is 12.1. The van der Waals surface area contributed by atoms with Crippen LogP contribution in [0.5, 0.6) is 5.75 Å². The van der Waals surface area contributed by atoms with Gasteiger partial charge in [-0.1, -0.05) is 44.2 Å². The molecule has 4 rings (SSSR count). The zero-order valence-corrected chi connectivity index (χ0v) is 28.2. The number of amides is 2. The number of ether oxygens (including phenoxy) is 5. The fourth-order valence-corrected chi connectivity index (χ4v) is 8.17. The van der Waals surface area contributed by atoms with Crippen molar-refractivity contribution in [1.82, 2.24) is 10.6 Å². The monoisotopic (exact) mass is 677 g/mol. The van der Waals surface area contributed by atoms with Gasteiger partial charge in [-0.05, 0) is 67.9 Å². The topological polar surface area (TPSA) is 185 Å². The zero-order valence-electron chi connectivity index (χ0n) is 27.3. The number of hydrogen-bond acceptors (Lipinski definition) is 11. The summed E-state index contributed by atoms with van der Waals surface area (Å²) in [5, 5.41) is 17.5. The molecule has 2 heterocycles. The number of rotatable bonds is 15. The first-order valence-corrected chi connectivity index (χ1v) is 17.3. The van der Waals surface area contributed by atoms with Gasteiger partial charge in [0.15, 0.2) is 21.0 Å². The van der Waals surface area contributed by atoms with Crippen molar-refractivity contribution in [2.45, 2.75) is 80.8 Å². The van der Waals surface area contributed by atoms with Gasteiger partial charge in [0, 0.05) is 6.54 Å². The van der Waals surface area contributed by atoms with Gasteiger partial charge in [0.25, 0.3) is 0 Å². The molecule has 0 bridgehead atoms. The molecule has 4 unspecified atom stereocenters. The van der Waals surface area contributed by atoms with E-state index >= 15 is 0 Å². The highest BCUT2D eigenvalue weighted by atomic mass is 32.2. The Morgan fingerprint density at radius 1 is 1.09 bits per heavy atom. The summed E-state index contributed by atoms with van der Waals surface area (Å²) in [6.45, 7) is 6.32. The summed E-state index contributed by atoms with van der Waals surface area (Å²) in [5.74, 6) is 0.320. The molecular formula is C33H47N3O10S. The third-order valence-electron chi connectivity index (χ3n) is 8.70. The molecule has 2 aliphatic rings. The first kappa shape index (κ1) is 36.4. The summed E-state index contributed by atoms with van der Waals surface area (Å²) in [7, 11) is -3.02. The predicted octanol–water partition coefficient (Wildman–Crippen LogP) is 3.14. The number of fused-ring (bicyclic) bond motifs is 1. The summed E-state index contributed by atoms with van der Waals surface area (Å²) < 4.78 is 56.0. The SMILES string of the molecule is CCOC(=O)NCCC(C)(C)CC(N)([C@H](O)[C@H](Cc1ccccc1)NC(=O)OC1COC2OCCC12)S(=O)(=O)c1ccc(OC)cc1. The molecule has 0 saturated carbocycles. The molecule has 2 aliphatic heterocycles. The van der Waals surface area contributed by atoms with Crippen LogP contribution in [0.1, 0.15) is 45.6 Å². The molecule has 2 fully saturated rings. The van der Waals surface area contributed by atoms with E-state index in [1.54, 1.807) is 45.0 Å². The second kappa shape index (κ2) is 15.6. The normalized spacial score (nSPS) is 22.0. The van der Waals surface area contributed by atoms with Crippen LogP contribution in [0.4, 0.5) is 9.59 Å². The summed E-state index contributed by atoms with van der Waals surface area (Å²) >= 11 is 0. The van der Waals surface area contributed by atoms with Gasteiger partial charge < -0.3 is 45.2 Å². The maximum Gasteiger partial charge on any atom is 0.407 e. The second-order valence-corrected chi connectivity index (χ2v) is 15.0. The molecule has 2 saturated heterocycles. The number of benzene rings is 2. The van der Waals surface area contributed by atoms with E-state index in [1.165, 1.54) is 31.4 Å². The predicted molar refractivity (Wildman–Crippen MR) is 172 cm³/mol. The summed E-state index contributed by atoms with van der Waals surface area (Å²) in [5.41, 5.74) is 6.84. The lowest BCUT2D eigenvalue weighted by Gasteiger charge is -2.42. The van der Waals surface area contributed by atoms with Gasteiger partial charge in [0.05, 0.1) is 43.8 Å². The molecule has 2 amide bonds. The number of carbonyl (C=O) groups excluding carboxylic acids is 2. The fraction of sp³-hybridized carbons (Fsp3) is 0.576. The van der Waals surface area contributed by atoms with Crippen LogP contribution in [0.3, 0.4) is 0 Å². The zero-order chi connectivity index (χ0) is 34.2. The molecule has 2 aromatic rings. The van der Waals surface area contributed by atoms with E-state index < -0.39 is 56.8 Å². The minimum Gasteiger partial charge on any atom is -0.497 e. The summed E-state index contributed by atoms with van der Waals surface area (Å²) in [6.07, 6.45) is -3.46. The van der Waals surface area contributed by atoms with Crippen molar-refractivity contribution in [2.24, 2.45) is 17.1 Å². The fourth-order valence-electron chi connectivity index (χ4n) is 6.17. The number of nitrogens with one attached hydrogen (secondary N) is 2. The van der Waals surface area contributed by atoms with Gasteiger partial charge in [-0.3, -0.25) is 0 Å².